The Bertz CT molecular complexity index is 927. The van der Waals surface area contributed by atoms with E-state index in [0.717, 1.165) is 12.0 Å². The quantitative estimate of drug-likeness (QED) is 0.347. The highest BCUT2D eigenvalue weighted by atomic mass is 16.5. The summed E-state index contributed by atoms with van der Waals surface area (Å²) >= 11 is 0. The maximum absolute atomic E-state index is 13.7. The van der Waals surface area contributed by atoms with Crippen molar-refractivity contribution in [3.8, 4) is 0 Å². The molecular formula is C30H49N3O6. The zero-order chi connectivity index (χ0) is 29.3. The summed E-state index contributed by atoms with van der Waals surface area (Å²) in [6.07, 6.45) is 1.25. The van der Waals surface area contributed by atoms with Crippen LogP contribution in [0.3, 0.4) is 0 Å². The zero-order valence-corrected chi connectivity index (χ0v) is 24.9. The van der Waals surface area contributed by atoms with Crippen LogP contribution in [0.15, 0.2) is 30.3 Å². The lowest BCUT2D eigenvalue weighted by Gasteiger charge is -2.38. The Morgan fingerprint density at radius 3 is 2.28 bits per heavy atom. The van der Waals surface area contributed by atoms with Crippen LogP contribution in [0.5, 0.6) is 0 Å². The Kier molecular flexibility index (Phi) is 12.9. The van der Waals surface area contributed by atoms with E-state index in [1.165, 1.54) is 0 Å². The molecule has 0 saturated carbocycles. The van der Waals surface area contributed by atoms with Crippen molar-refractivity contribution >= 4 is 17.8 Å². The van der Waals surface area contributed by atoms with Crippen LogP contribution < -0.4 is 5.32 Å². The first-order valence-corrected chi connectivity index (χ1v) is 14.0. The average Bonchev–Trinajstić information content (AvgIpc) is 3.29. The van der Waals surface area contributed by atoms with E-state index in [1.54, 1.807) is 21.1 Å². The molecule has 39 heavy (non-hydrogen) atoms. The Balaban J connectivity index is 2.18. The highest BCUT2D eigenvalue weighted by Gasteiger charge is 2.43. The number of amides is 2. The lowest BCUT2D eigenvalue weighted by molar-refractivity contribution is -0.145. The highest BCUT2D eigenvalue weighted by Crippen LogP contribution is 2.31. The van der Waals surface area contributed by atoms with Crippen molar-refractivity contribution < 1.29 is 29.0 Å². The van der Waals surface area contributed by atoms with Crippen molar-refractivity contribution in [1.29, 1.82) is 0 Å². The number of carbonyl (C=O) groups is 3. The number of hydrogen-bond donors (Lipinski definition) is 2. The predicted molar refractivity (Wildman–Crippen MR) is 151 cm³/mol. The first-order chi connectivity index (χ1) is 18.4. The van der Waals surface area contributed by atoms with E-state index in [2.05, 4.69) is 31.0 Å². The van der Waals surface area contributed by atoms with E-state index in [0.29, 0.717) is 18.9 Å². The van der Waals surface area contributed by atoms with Crippen LogP contribution in [-0.2, 0) is 30.3 Å². The summed E-state index contributed by atoms with van der Waals surface area (Å²) in [5, 5.41) is 12.5. The van der Waals surface area contributed by atoms with Gasteiger partial charge in [-0.1, -0.05) is 64.4 Å². The minimum Gasteiger partial charge on any atom is -0.480 e. The largest absolute Gasteiger partial charge is 0.480 e. The van der Waals surface area contributed by atoms with E-state index in [-0.39, 0.29) is 42.9 Å². The van der Waals surface area contributed by atoms with E-state index in [9.17, 15) is 19.5 Å². The summed E-state index contributed by atoms with van der Waals surface area (Å²) in [7, 11) is 7.22. The van der Waals surface area contributed by atoms with Crippen LogP contribution >= 0.6 is 0 Å². The third-order valence-electron chi connectivity index (χ3n) is 8.21. The summed E-state index contributed by atoms with van der Waals surface area (Å²) in [6, 6.07) is 7.93. The second-order valence-corrected chi connectivity index (χ2v) is 11.4. The molecule has 2 amide bonds. The molecule has 1 aliphatic heterocycles. The monoisotopic (exact) mass is 547 g/mol. The molecule has 0 spiro atoms. The molecule has 1 aromatic rings. The number of nitrogens with zero attached hydrogens (tertiary/aromatic N) is 2. The van der Waals surface area contributed by atoms with Gasteiger partial charge < -0.3 is 29.7 Å². The summed E-state index contributed by atoms with van der Waals surface area (Å²) in [5.74, 6) is -1.59. The van der Waals surface area contributed by atoms with Crippen molar-refractivity contribution in [2.45, 2.75) is 83.7 Å². The van der Waals surface area contributed by atoms with Gasteiger partial charge in [0.2, 0.25) is 11.8 Å². The maximum Gasteiger partial charge on any atom is 0.326 e. The number of aliphatic carboxylic acids is 1. The molecule has 9 heteroatoms. The van der Waals surface area contributed by atoms with Crippen LogP contribution in [0.1, 0.15) is 52.5 Å². The third kappa shape index (κ3) is 8.75. The molecule has 2 rings (SSSR count). The van der Waals surface area contributed by atoms with Gasteiger partial charge in [0, 0.05) is 33.2 Å². The molecule has 2 N–H and O–H groups in total. The molecule has 1 aliphatic rings. The number of nitrogens with one attached hydrogen (secondary N) is 1. The minimum atomic E-state index is -1.10. The number of ether oxygens (including phenoxy) is 2. The van der Waals surface area contributed by atoms with Crippen molar-refractivity contribution in [3.63, 3.8) is 0 Å². The van der Waals surface area contributed by atoms with Crippen molar-refractivity contribution in [3.05, 3.63) is 35.9 Å². The Morgan fingerprint density at radius 1 is 1.13 bits per heavy atom. The summed E-state index contributed by atoms with van der Waals surface area (Å²) in [4.78, 5) is 42.9. The Morgan fingerprint density at radius 2 is 1.77 bits per heavy atom. The SMILES string of the molecule is CC[C@H](C)[C@@H]([C@@H](CC(=O)N1C[C@@H](C)C[C@H]1[C@H](OC)[C@@H](C)C(=O)N[C@@H](Cc1ccccc1)C(=O)O)OC)N(C)C. The number of carboxylic acids is 1. The standard InChI is InChI=1S/C30H49N3O6/c1-9-20(3)27(32(5)6)25(38-7)17-26(34)33-18-19(2)15-24(33)28(39-8)21(4)29(35)31-23(30(36)37)16-22-13-11-10-12-14-22/h10-14,19-21,23-25,27-28H,9,15-18H2,1-8H3,(H,31,35)(H,36,37)/t19-,20-,21+,23-,24-,25+,27-,28+/m0/s1. The van der Waals surface area contributed by atoms with Crippen molar-refractivity contribution in [1.82, 2.24) is 15.1 Å². The fraction of sp³-hybridized carbons (Fsp3) is 0.700. The van der Waals surface area contributed by atoms with Gasteiger partial charge in [0.1, 0.15) is 6.04 Å². The lowest BCUT2D eigenvalue weighted by Crippen LogP contribution is -2.53. The highest BCUT2D eigenvalue weighted by molar-refractivity contribution is 5.85. The summed E-state index contributed by atoms with van der Waals surface area (Å²) < 4.78 is 11.7. The number of likely N-dealkylation sites (tertiary alicyclic amines) is 1. The molecule has 1 fully saturated rings. The van der Waals surface area contributed by atoms with Gasteiger partial charge in [-0.15, -0.1) is 0 Å². The van der Waals surface area contributed by atoms with Gasteiger partial charge in [0.25, 0.3) is 0 Å². The van der Waals surface area contributed by atoms with Gasteiger partial charge in [-0.05, 0) is 37.9 Å². The molecule has 0 unspecified atom stereocenters. The molecule has 1 heterocycles. The second kappa shape index (κ2) is 15.3. The number of rotatable bonds is 15. The third-order valence-corrected chi connectivity index (χ3v) is 8.21. The predicted octanol–water partition coefficient (Wildman–Crippen LogP) is 3.07. The van der Waals surface area contributed by atoms with E-state index in [4.69, 9.17) is 9.47 Å². The number of carbonyl (C=O) groups excluding carboxylic acids is 2. The Labute approximate surface area is 234 Å². The van der Waals surface area contributed by atoms with E-state index >= 15 is 0 Å². The molecule has 9 nitrogen and oxygen atoms in total. The number of methoxy groups -OCH3 is 2. The Hall–Kier alpha value is -2.49. The number of hydrogen-bond acceptors (Lipinski definition) is 6. The van der Waals surface area contributed by atoms with Crippen molar-refractivity contribution in [2.75, 3.05) is 34.9 Å². The molecule has 1 saturated heterocycles. The normalized spacial score (nSPS) is 22.1. The van der Waals surface area contributed by atoms with Gasteiger partial charge in [0.15, 0.2) is 0 Å². The van der Waals surface area contributed by atoms with Gasteiger partial charge >= 0.3 is 5.97 Å². The van der Waals surface area contributed by atoms with Gasteiger partial charge in [-0.25, -0.2) is 4.79 Å². The van der Waals surface area contributed by atoms with E-state index < -0.39 is 29.9 Å². The van der Waals surface area contributed by atoms with Crippen LogP contribution in [0.2, 0.25) is 0 Å². The first-order valence-electron chi connectivity index (χ1n) is 14.0. The minimum absolute atomic E-state index is 0.0199. The van der Waals surface area contributed by atoms with Crippen LogP contribution in [-0.4, -0.2) is 97.9 Å². The lowest BCUT2D eigenvalue weighted by atomic mass is 9.90. The van der Waals surface area contributed by atoms with Gasteiger partial charge in [-0.2, -0.15) is 0 Å². The van der Waals surface area contributed by atoms with Crippen LogP contribution in [0.25, 0.3) is 0 Å². The van der Waals surface area contributed by atoms with Gasteiger partial charge in [0.05, 0.1) is 30.6 Å². The van der Waals surface area contributed by atoms with Crippen molar-refractivity contribution in [2.24, 2.45) is 17.8 Å². The first kappa shape index (κ1) is 32.7. The molecule has 0 bridgehead atoms. The topological polar surface area (TPSA) is 108 Å². The smallest absolute Gasteiger partial charge is 0.326 e. The fourth-order valence-corrected chi connectivity index (χ4v) is 5.96. The number of likely N-dealkylation sites (N-methyl/N-ethyl adjacent to an activating group) is 1. The van der Waals surface area contributed by atoms with Gasteiger partial charge in [-0.3, -0.25) is 9.59 Å². The molecule has 0 aromatic heterocycles. The molecule has 220 valence electrons. The number of carboxylic acid groups (broad SMARTS) is 1. The number of benzene rings is 1. The van der Waals surface area contributed by atoms with E-state index in [1.807, 2.05) is 49.3 Å². The fourth-order valence-electron chi connectivity index (χ4n) is 5.96. The summed E-state index contributed by atoms with van der Waals surface area (Å²) in [5.41, 5.74) is 0.823. The molecule has 1 aromatic carbocycles. The average molecular weight is 548 g/mol. The molecular weight excluding hydrogens is 498 g/mol. The molecule has 8 atom stereocenters. The maximum atomic E-state index is 13.7. The summed E-state index contributed by atoms with van der Waals surface area (Å²) in [6.45, 7) is 8.71. The van der Waals surface area contributed by atoms with Crippen LogP contribution in [0, 0.1) is 17.8 Å². The zero-order valence-electron chi connectivity index (χ0n) is 24.9. The van der Waals surface area contributed by atoms with Crippen LogP contribution in [0.4, 0.5) is 0 Å². The molecule has 0 radical (unpaired) electrons. The second-order valence-electron chi connectivity index (χ2n) is 11.4. The molecule has 0 aliphatic carbocycles.